The molecule has 5 nitrogen and oxygen atoms in total. The fourth-order valence-electron chi connectivity index (χ4n) is 5.39. The summed E-state index contributed by atoms with van der Waals surface area (Å²) in [5.41, 5.74) is 6.36. The molecule has 2 unspecified atom stereocenters. The van der Waals surface area contributed by atoms with Crippen LogP contribution in [0.15, 0.2) is 0 Å². The molecule has 0 aromatic heterocycles. The lowest BCUT2D eigenvalue weighted by molar-refractivity contribution is -0.144. The normalized spacial score (nSPS) is 33.2. The minimum absolute atomic E-state index is 0.100. The molecule has 1 aliphatic heterocycles. The van der Waals surface area contributed by atoms with Crippen molar-refractivity contribution in [2.24, 2.45) is 29.4 Å². The largest absolute Gasteiger partial charge is 0.343 e. The molecule has 5 heteroatoms. The molecule has 2 N–H and O–H groups in total. The second-order valence-corrected chi connectivity index (χ2v) is 8.31. The topological polar surface area (TPSA) is 66.6 Å². The molecule has 2 amide bonds. The first-order chi connectivity index (χ1) is 12.0. The second-order valence-electron chi connectivity index (χ2n) is 8.31. The van der Waals surface area contributed by atoms with Crippen molar-refractivity contribution < 1.29 is 9.59 Å². The van der Waals surface area contributed by atoms with Crippen LogP contribution in [0.4, 0.5) is 0 Å². The molecule has 3 fully saturated rings. The van der Waals surface area contributed by atoms with Crippen molar-refractivity contribution in [3.63, 3.8) is 0 Å². The van der Waals surface area contributed by atoms with Gasteiger partial charge >= 0.3 is 0 Å². The zero-order valence-electron chi connectivity index (χ0n) is 16.0. The van der Waals surface area contributed by atoms with E-state index in [9.17, 15) is 9.59 Å². The third-order valence-electron chi connectivity index (χ3n) is 6.99. The van der Waals surface area contributed by atoms with Crippen LogP contribution in [-0.2, 0) is 9.59 Å². The predicted octanol–water partition coefficient (Wildman–Crippen LogP) is 2.25. The van der Waals surface area contributed by atoms with Gasteiger partial charge in [-0.05, 0) is 64.2 Å². The highest BCUT2D eigenvalue weighted by molar-refractivity contribution is 5.81. The molecule has 2 bridgehead atoms. The lowest BCUT2D eigenvalue weighted by Gasteiger charge is -2.45. The maximum atomic E-state index is 13.0. The van der Waals surface area contributed by atoms with Gasteiger partial charge in [0.2, 0.25) is 11.8 Å². The van der Waals surface area contributed by atoms with Gasteiger partial charge in [-0.2, -0.15) is 0 Å². The van der Waals surface area contributed by atoms with Crippen molar-refractivity contribution in [1.29, 1.82) is 0 Å². The molecule has 3 rings (SSSR count). The van der Waals surface area contributed by atoms with E-state index in [1.165, 1.54) is 19.3 Å². The highest BCUT2D eigenvalue weighted by atomic mass is 16.2. The standard InChI is InChI=1S/C20H35N3O2/c1-3-22(4-2)19(24)14-8-10-23(11-9-14)20(25)17-12-15-6-5-7-16(13-17)18(15)21/h14-18H,3-13,21H2,1-2H3. The van der Waals surface area contributed by atoms with E-state index in [4.69, 9.17) is 5.73 Å². The average Bonchev–Trinajstić information content (AvgIpc) is 2.62. The molecule has 3 aliphatic rings. The quantitative estimate of drug-likeness (QED) is 0.846. The molecular weight excluding hydrogens is 314 g/mol. The van der Waals surface area contributed by atoms with Crippen LogP contribution in [0.25, 0.3) is 0 Å². The van der Waals surface area contributed by atoms with Gasteiger partial charge in [-0.15, -0.1) is 0 Å². The number of hydrogen-bond acceptors (Lipinski definition) is 3. The number of rotatable bonds is 4. The maximum Gasteiger partial charge on any atom is 0.225 e. The van der Waals surface area contributed by atoms with E-state index >= 15 is 0 Å². The van der Waals surface area contributed by atoms with Crippen LogP contribution < -0.4 is 5.73 Å². The van der Waals surface area contributed by atoms with Gasteiger partial charge in [-0.3, -0.25) is 9.59 Å². The summed E-state index contributed by atoms with van der Waals surface area (Å²) >= 11 is 0. The van der Waals surface area contributed by atoms with Crippen LogP contribution in [0.1, 0.15) is 58.8 Å². The highest BCUT2D eigenvalue weighted by Crippen LogP contribution is 2.42. The first-order valence-corrected chi connectivity index (χ1v) is 10.4. The van der Waals surface area contributed by atoms with Crippen LogP contribution in [0.5, 0.6) is 0 Å². The fraction of sp³-hybridized carbons (Fsp3) is 0.900. The molecule has 2 saturated carbocycles. The summed E-state index contributed by atoms with van der Waals surface area (Å²) in [4.78, 5) is 29.5. The van der Waals surface area contributed by atoms with Crippen molar-refractivity contribution >= 4 is 11.8 Å². The number of nitrogens with zero attached hydrogens (tertiary/aromatic N) is 2. The number of hydrogen-bond donors (Lipinski definition) is 1. The lowest BCUT2D eigenvalue weighted by Crippen LogP contribution is -2.51. The third kappa shape index (κ3) is 3.86. The first-order valence-electron chi connectivity index (χ1n) is 10.4. The second kappa shape index (κ2) is 8.07. The minimum Gasteiger partial charge on any atom is -0.343 e. The minimum atomic E-state index is 0.100. The summed E-state index contributed by atoms with van der Waals surface area (Å²) in [6.45, 7) is 7.11. The van der Waals surface area contributed by atoms with Crippen LogP contribution >= 0.6 is 0 Å². The monoisotopic (exact) mass is 349 g/mol. The van der Waals surface area contributed by atoms with E-state index < -0.39 is 0 Å². The number of fused-ring (bicyclic) bond motifs is 2. The highest BCUT2D eigenvalue weighted by Gasteiger charge is 2.42. The molecule has 1 heterocycles. The Kier molecular flexibility index (Phi) is 6.03. The summed E-state index contributed by atoms with van der Waals surface area (Å²) in [5, 5.41) is 0. The Hall–Kier alpha value is -1.10. The number of piperidine rings is 1. The SMILES string of the molecule is CCN(CC)C(=O)C1CCN(C(=O)C2CC3CCCC(C2)C3N)CC1. The van der Waals surface area contributed by atoms with E-state index in [1.807, 2.05) is 23.6 Å². The van der Waals surface area contributed by atoms with E-state index in [0.717, 1.165) is 51.9 Å². The molecule has 25 heavy (non-hydrogen) atoms. The van der Waals surface area contributed by atoms with E-state index in [1.54, 1.807) is 0 Å². The van der Waals surface area contributed by atoms with Gasteiger partial charge < -0.3 is 15.5 Å². The van der Waals surface area contributed by atoms with Crippen LogP contribution in [-0.4, -0.2) is 53.8 Å². The Morgan fingerprint density at radius 2 is 1.52 bits per heavy atom. The number of likely N-dealkylation sites (tertiary alicyclic amines) is 1. The van der Waals surface area contributed by atoms with Gasteiger partial charge in [0.1, 0.15) is 0 Å². The van der Waals surface area contributed by atoms with Crippen LogP contribution in [0.2, 0.25) is 0 Å². The average molecular weight is 350 g/mol. The van der Waals surface area contributed by atoms with Crippen LogP contribution in [0.3, 0.4) is 0 Å². The first kappa shape index (κ1) is 18.7. The Balaban J connectivity index is 1.53. The molecule has 1 saturated heterocycles. The number of carbonyl (C=O) groups is 2. The Morgan fingerprint density at radius 3 is 2.04 bits per heavy atom. The molecule has 2 aliphatic carbocycles. The smallest absolute Gasteiger partial charge is 0.225 e. The van der Waals surface area contributed by atoms with Gasteiger partial charge in [0.15, 0.2) is 0 Å². The molecule has 2 atom stereocenters. The summed E-state index contributed by atoms with van der Waals surface area (Å²) in [5.74, 6) is 1.97. The third-order valence-corrected chi connectivity index (χ3v) is 6.99. The summed E-state index contributed by atoms with van der Waals surface area (Å²) < 4.78 is 0. The summed E-state index contributed by atoms with van der Waals surface area (Å²) in [6.07, 6.45) is 7.27. The van der Waals surface area contributed by atoms with Gasteiger partial charge in [-0.1, -0.05) is 6.42 Å². The number of nitrogens with two attached hydrogens (primary N) is 1. The maximum absolute atomic E-state index is 13.0. The van der Waals surface area contributed by atoms with Crippen molar-refractivity contribution in [3.8, 4) is 0 Å². The van der Waals surface area contributed by atoms with Crippen molar-refractivity contribution in [2.75, 3.05) is 26.2 Å². The van der Waals surface area contributed by atoms with Crippen LogP contribution in [0, 0.1) is 23.7 Å². The number of amides is 2. The van der Waals surface area contributed by atoms with Gasteiger partial charge in [0, 0.05) is 44.1 Å². The lowest BCUT2D eigenvalue weighted by atomic mass is 9.65. The van der Waals surface area contributed by atoms with Crippen molar-refractivity contribution in [2.45, 2.75) is 64.8 Å². The molecule has 0 aromatic carbocycles. The Bertz CT molecular complexity index is 469. The van der Waals surface area contributed by atoms with Crippen molar-refractivity contribution in [3.05, 3.63) is 0 Å². The van der Waals surface area contributed by atoms with Crippen molar-refractivity contribution in [1.82, 2.24) is 9.80 Å². The zero-order valence-corrected chi connectivity index (χ0v) is 16.0. The fourth-order valence-corrected chi connectivity index (χ4v) is 5.39. The zero-order chi connectivity index (χ0) is 18.0. The van der Waals surface area contributed by atoms with E-state index in [0.29, 0.717) is 23.8 Å². The molecule has 0 spiro atoms. The molecule has 0 radical (unpaired) electrons. The van der Waals surface area contributed by atoms with E-state index in [2.05, 4.69) is 0 Å². The Morgan fingerprint density at radius 1 is 0.960 bits per heavy atom. The van der Waals surface area contributed by atoms with Gasteiger partial charge in [-0.25, -0.2) is 0 Å². The van der Waals surface area contributed by atoms with E-state index in [-0.39, 0.29) is 17.7 Å². The number of carbonyl (C=O) groups excluding carboxylic acids is 2. The van der Waals surface area contributed by atoms with Gasteiger partial charge in [0.25, 0.3) is 0 Å². The summed E-state index contributed by atoms with van der Waals surface area (Å²) in [6, 6.07) is 0.315. The Labute approximate surface area is 152 Å². The van der Waals surface area contributed by atoms with Gasteiger partial charge in [0.05, 0.1) is 0 Å². The molecular formula is C20H35N3O2. The predicted molar refractivity (Wildman–Crippen MR) is 98.8 cm³/mol. The summed E-state index contributed by atoms with van der Waals surface area (Å²) in [7, 11) is 0. The molecule has 142 valence electrons. The molecule has 0 aromatic rings.